The maximum atomic E-state index is 8.80. The van der Waals surface area contributed by atoms with Gasteiger partial charge in [0.1, 0.15) is 18.1 Å². The van der Waals surface area contributed by atoms with Crippen LogP contribution in [0.15, 0.2) is 48.5 Å². The molecule has 0 amide bonds. The molecule has 0 aliphatic carbocycles. The van der Waals surface area contributed by atoms with Crippen LogP contribution in [0.3, 0.4) is 0 Å². The van der Waals surface area contributed by atoms with Crippen molar-refractivity contribution >= 4 is 0 Å². The van der Waals surface area contributed by atoms with Crippen molar-refractivity contribution in [3.8, 4) is 17.6 Å². The van der Waals surface area contributed by atoms with Crippen LogP contribution in [0.4, 0.5) is 0 Å². The normalized spacial score (nSPS) is 9.90. The molecular formula is C17H17NO3. The maximum absolute atomic E-state index is 8.80. The van der Waals surface area contributed by atoms with E-state index in [0.717, 1.165) is 11.3 Å². The highest BCUT2D eigenvalue weighted by atomic mass is 16.5. The van der Waals surface area contributed by atoms with Crippen molar-refractivity contribution < 1.29 is 14.2 Å². The summed E-state index contributed by atoms with van der Waals surface area (Å²) in [5.41, 5.74) is 1.64. The van der Waals surface area contributed by atoms with E-state index in [1.807, 2.05) is 30.3 Å². The van der Waals surface area contributed by atoms with E-state index in [2.05, 4.69) is 6.07 Å². The van der Waals surface area contributed by atoms with Crippen LogP contribution in [0.5, 0.6) is 11.5 Å². The predicted octanol–water partition coefficient (Wildman–Crippen LogP) is 3.16. The largest absolute Gasteiger partial charge is 0.497 e. The molecule has 0 fully saturated rings. The van der Waals surface area contributed by atoms with Crippen molar-refractivity contribution in [2.75, 3.05) is 20.3 Å². The number of ether oxygens (including phenoxy) is 3. The van der Waals surface area contributed by atoms with Gasteiger partial charge in [-0.2, -0.15) is 5.26 Å². The Morgan fingerprint density at radius 1 is 1.00 bits per heavy atom. The molecule has 0 N–H and O–H groups in total. The van der Waals surface area contributed by atoms with Gasteiger partial charge in [0.05, 0.1) is 32.0 Å². The second kappa shape index (κ2) is 7.93. The van der Waals surface area contributed by atoms with Crippen LogP contribution in [-0.4, -0.2) is 20.3 Å². The fraction of sp³-hybridized carbons (Fsp3) is 0.235. The fourth-order valence-corrected chi connectivity index (χ4v) is 1.83. The second-order valence-corrected chi connectivity index (χ2v) is 4.39. The highest BCUT2D eigenvalue weighted by Gasteiger charge is 1.98. The van der Waals surface area contributed by atoms with Crippen LogP contribution < -0.4 is 9.47 Å². The predicted molar refractivity (Wildman–Crippen MR) is 79.3 cm³/mol. The Labute approximate surface area is 124 Å². The molecule has 21 heavy (non-hydrogen) atoms. The molecule has 2 aromatic carbocycles. The third-order valence-corrected chi connectivity index (χ3v) is 2.86. The first-order valence-electron chi connectivity index (χ1n) is 6.65. The van der Waals surface area contributed by atoms with Gasteiger partial charge < -0.3 is 14.2 Å². The lowest BCUT2D eigenvalue weighted by Crippen LogP contribution is -2.06. The first kappa shape index (κ1) is 14.9. The summed E-state index contributed by atoms with van der Waals surface area (Å²) in [4.78, 5) is 0. The quantitative estimate of drug-likeness (QED) is 0.732. The van der Waals surface area contributed by atoms with E-state index in [0.29, 0.717) is 31.1 Å². The molecule has 0 saturated carbocycles. The van der Waals surface area contributed by atoms with Crippen molar-refractivity contribution in [2.45, 2.75) is 6.61 Å². The van der Waals surface area contributed by atoms with E-state index in [1.165, 1.54) is 0 Å². The average molecular weight is 283 g/mol. The van der Waals surface area contributed by atoms with Gasteiger partial charge in [-0.25, -0.2) is 0 Å². The van der Waals surface area contributed by atoms with E-state index in [1.54, 1.807) is 25.3 Å². The van der Waals surface area contributed by atoms with Crippen molar-refractivity contribution in [1.82, 2.24) is 0 Å². The molecule has 4 heteroatoms. The van der Waals surface area contributed by atoms with E-state index >= 15 is 0 Å². The number of methoxy groups -OCH3 is 1. The minimum absolute atomic E-state index is 0.443. The molecule has 0 radical (unpaired) electrons. The van der Waals surface area contributed by atoms with Crippen molar-refractivity contribution in [1.29, 1.82) is 5.26 Å². The average Bonchev–Trinajstić information content (AvgIpc) is 2.55. The smallest absolute Gasteiger partial charge is 0.120 e. The molecule has 2 aromatic rings. The van der Waals surface area contributed by atoms with Gasteiger partial charge in [0, 0.05) is 0 Å². The second-order valence-electron chi connectivity index (χ2n) is 4.39. The Kier molecular flexibility index (Phi) is 5.62. The molecule has 0 saturated heterocycles. The Bertz CT molecular complexity index is 619. The summed E-state index contributed by atoms with van der Waals surface area (Å²) in [6, 6.07) is 16.9. The highest BCUT2D eigenvalue weighted by Crippen LogP contribution is 2.14. The van der Waals surface area contributed by atoms with Gasteiger partial charge in [-0.3, -0.25) is 0 Å². The SMILES string of the molecule is COc1cccc(COCCOc2cccc(C#N)c2)c1. The lowest BCUT2D eigenvalue weighted by Gasteiger charge is -2.08. The van der Waals surface area contributed by atoms with Gasteiger partial charge in [-0.1, -0.05) is 18.2 Å². The van der Waals surface area contributed by atoms with Crippen LogP contribution in [-0.2, 0) is 11.3 Å². The van der Waals surface area contributed by atoms with Gasteiger partial charge in [0.25, 0.3) is 0 Å². The van der Waals surface area contributed by atoms with Crippen LogP contribution in [0.1, 0.15) is 11.1 Å². The monoisotopic (exact) mass is 283 g/mol. The zero-order valence-corrected chi connectivity index (χ0v) is 11.9. The summed E-state index contributed by atoms with van der Waals surface area (Å²) in [5.74, 6) is 1.50. The first-order chi connectivity index (χ1) is 10.3. The molecule has 0 heterocycles. The molecule has 0 atom stereocenters. The first-order valence-corrected chi connectivity index (χ1v) is 6.65. The van der Waals surface area contributed by atoms with Gasteiger partial charge in [0.2, 0.25) is 0 Å². The third kappa shape index (κ3) is 4.83. The van der Waals surface area contributed by atoms with Crippen LogP contribution in [0, 0.1) is 11.3 Å². The lowest BCUT2D eigenvalue weighted by atomic mass is 10.2. The topological polar surface area (TPSA) is 51.5 Å². The summed E-state index contributed by atoms with van der Waals surface area (Å²) in [5, 5.41) is 8.80. The Morgan fingerprint density at radius 3 is 2.62 bits per heavy atom. The fourth-order valence-electron chi connectivity index (χ4n) is 1.83. The Morgan fingerprint density at radius 2 is 1.81 bits per heavy atom. The summed E-state index contributed by atoms with van der Waals surface area (Å²) in [7, 11) is 1.64. The number of nitrogens with zero attached hydrogens (tertiary/aromatic N) is 1. The molecule has 0 aromatic heterocycles. The van der Waals surface area contributed by atoms with E-state index < -0.39 is 0 Å². The summed E-state index contributed by atoms with van der Waals surface area (Å²) < 4.78 is 16.2. The van der Waals surface area contributed by atoms with E-state index in [9.17, 15) is 0 Å². The number of nitriles is 1. The van der Waals surface area contributed by atoms with Gasteiger partial charge in [0.15, 0.2) is 0 Å². The van der Waals surface area contributed by atoms with Crippen LogP contribution in [0.25, 0.3) is 0 Å². The summed E-state index contributed by atoms with van der Waals surface area (Å²) >= 11 is 0. The summed E-state index contributed by atoms with van der Waals surface area (Å²) in [6.45, 7) is 1.44. The minimum atomic E-state index is 0.443. The van der Waals surface area contributed by atoms with Gasteiger partial charge >= 0.3 is 0 Å². The van der Waals surface area contributed by atoms with Crippen molar-refractivity contribution in [2.24, 2.45) is 0 Å². The standard InChI is InChI=1S/C17H17NO3/c1-19-16-6-3-5-15(11-16)13-20-8-9-21-17-7-2-4-14(10-17)12-18/h2-7,10-11H,8-9,13H2,1H3. The minimum Gasteiger partial charge on any atom is -0.497 e. The number of hydrogen-bond donors (Lipinski definition) is 0. The molecule has 108 valence electrons. The Hall–Kier alpha value is -2.51. The maximum Gasteiger partial charge on any atom is 0.120 e. The molecule has 0 aliphatic rings. The molecule has 0 spiro atoms. The van der Waals surface area contributed by atoms with Gasteiger partial charge in [-0.15, -0.1) is 0 Å². The van der Waals surface area contributed by atoms with Gasteiger partial charge in [-0.05, 0) is 35.9 Å². The van der Waals surface area contributed by atoms with Crippen LogP contribution >= 0.6 is 0 Å². The van der Waals surface area contributed by atoms with Crippen molar-refractivity contribution in [3.05, 3.63) is 59.7 Å². The molecule has 2 rings (SSSR count). The Balaban J connectivity index is 1.71. The van der Waals surface area contributed by atoms with E-state index in [-0.39, 0.29) is 0 Å². The zero-order valence-electron chi connectivity index (χ0n) is 11.9. The highest BCUT2D eigenvalue weighted by molar-refractivity contribution is 5.36. The molecule has 0 aliphatic heterocycles. The number of benzene rings is 2. The molecule has 4 nitrogen and oxygen atoms in total. The zero-order chi connectivity index (χ0) is 14.9. The van der Waals surface area contributed by atoms with Crippen LogP contribution in [0.2, 0.25) is 0 Å². The molecule has 0 unspecified atom stereocenters. The third-order valence-electron chi connectivity index (χ3n) is 2.86. The summed E-state index contributed by atoms with van der Waals surface area (Å²) in [6.07, 6.45) is 0. The lowest BCUT2D eigenvalue weighted by molar-refractivity contribution is 0.0888. The van der Waals surface area contributed by atoms with E-state index in [4.69, 9.17) is 19.5 Å². The molecular weight excluding hydrogens is 266 g/mol. The number of rotatable bonds is 7. The molecule has 0 bridgehead atoms. The van der Waals surface area contributed by atoms with Crippen molar-refractivity contribution in [3.63, 3.8) is 0 Å². The number of hydrogen-bond acceptors (Lipinski definition) is 4.